The van der Waals surface area contributed by atoms with Crippen molar-refractivity contribution in [1.29, 1.82) is 0 Å². The van der Waals surface area contributed by atoms with Gasteiger partial charge in [0.1, 0.15) is 11.4 Å². The summed E-state index contributed by atoms with van der Waals surface area (Å²) >= 11 is 13.4. The fraction of sp³-hybridized carbons (Fsp3) is 0.289. The second kappa shape index (κ2) is 12.3. The van der Waals surface area contributed by atoms with E-state index in [-0.39, 0.29) is 17.5 Å². The summed E-state index contributed by atoms with van der Waals surface area (Å²) < 4.78 is 10.3. The first-order valence-corrected chi connectivity index (χ1v) is 17.0. The third kappa shape index (κ3) is 5.36. The number of carboxylic acid groups (broad SMARTS) is 1. The number of benzene rings is 3. The average Bonchev–Trinajstić information content (AvgIpc) is 3.70. The molecule has 6 aromatic rings. The van der Waals surface area contributed by atoms with Gasteiger partial charge in [-0.1, -0.05) is 29.3 Å². The molecule has 2 N–H and O–H groups in total. The SMILES string of the molecule is Cc1cc(OCCCc2c3n(c4c(-c5c(C)n[nH]c5C)c(Cl)ccc24)[C@H](C)CN(c2cn(C)c4ccc(C(=O)O)cc24)C3=O)cc(C)c1Cl. The van der Waals surface area contributed by atoms with Gasteiger partial charge in [0.05, 0.1) is 34.1 Å². The smallest absolute Gasteiger partial charge is 0.335 e. The lowest BCUT2D eigenvalue weighted by atomic mass is 9.98. The second-order valence-electron chi connectivity index (χ2n) is 13.1. The van der Waals surface area contributed by atoms with Crippen molar-refractivity contribution < 1.29 is 19.4 Å². The van der Waals surface area contributed by atoms with Crippen LogP contribution in [0, 0.1) is 27.7 Å². The number of nitrogens with zero attached hydrogens (tertiary/aromatic N) is 4. The Morgan fingerprint density at radius 1 is 1.04 bits per heavy atom. The molecule has 4 heterocycles. The second-order valence-corrected chi connectivity index (χ2v) is 13.9. The van der Waals surface area contributed by atoms with Crippen molar-refractivity contribution in [3.63, 3.8) is 0 Å². The van der Waals surface area contributed by atoms with Gasteiger partial charge in [0.15, 0.2) is 0 Å². The molecule has 252 valence electrons. The number of nitrogens with one attached hydrogen (secondary N) is 1. The molecule has 1 aliphatic rings. The molecule has 9 nitrogen and oxygen atoms in total. The highest BCUT2D eigenvalue weighted by Gasteiger charge is 2.37. The van der Waals surface area contributed by atoms with Crippen LogP contribution in [-0.4, -0.2) is 49.5 Å². The van der Waals surface area contributed by atoms with Gasteiger partial charge >= 0.3 is 5.97 Å². The van der Waals surface area contributed by atoms with E-state index in [1.165, 1.54) is 0 Å². The van der Waals surface area contributed by atoms with Gasteiger partial charge < -0.3 is 23.9 Å². The highest BCUT2D eigenvalue weighted by molar-refractivity contribution is 6.35. The van der Waals surface area contributed by atoms with E-state index in [1.807, 2.05) is 69.8 Å². The molecule has 3 aromatic heterocycles. The molecule has 49 heavy (non-hydrogen) atoms. The molecule has 7 rings (SSSR count). The number of carbonyl (C=O) groups excluding carboxylic acids is 1. The Balaban J connectivity index is 1.37. The van der Waals surface area contributed by atoms with Crippen LogP contribution in [0.3, 0.4) is 0 Å². The number of H-pyrrole nitrogens is 1. The van der Waals surface area contributed by atoms with E-state index in [1.54, 1.807) is 23.1 Å². The number of carbonyl (C=O) groups is 2. The number of hydrogen-bond donors (Lipinski definition) is 2. The predicted octanol–water partition coefficient (Wildman–Crippen LogP) is 8.99. The summed E-state index contributed by atoms with van der Waals surface area (Å²) in [6.07, 6.45) is 3.15. The summed E-state index contributed by atoms with van der Waals surface area (Å²) in [5, 5.41) is 20.3. The summed E-state index contributed by atoms with van der Waals surface area (Å²) in [7, 11) is 1.90. The Hall–Kier alpha value is -4.73. The minimum absolute atomic E-state index is 0.136. The minimum atomic E-state index is -1.02. The first-order chi connectivity index (χ1) is 23.4. The van der Waals surface area contributed by atoms with E-state index < -0.39 is 5.97 Å². The number of aromatic carboxylic acids is 1. The molecule has 1 atom stereocenters. The first kappa shape index (κ1) is 32.8. The van der Waals surface area contributed by atoms with Crippen LogP contribution in [0.5, 0.6) is 5.75 Å². The van der Waals surface area contributed by atoms with Gasteiger partial charge in [-0.2, -0.15) is 5.10 Å². The fourth-order valence-corrected chi connectivity index (χ4v) is 7.80. The lowest BCUT2D eigenvalue weighted by molar-refractivity contribution is 0.0696. The number of ether oxygens (including phenoxy) is 1. The Kier molecular flexibility index (Phi) is 8.24. The van der Waals surface area contributed by atoms with Gasteiger partial charge in [0.2, 0.25) is 0 Å². The lowest BCUT2D eigenvalue weighted by Crippen LogP contribution is -2.42. The van der Waals surface area contributed by atoms with E-state index in [0.29, 0.717) is 47.8 Å². The third-order valence-electron chi connectivity index (χ3n) is 9.69. The van der Waals surface area contributed by atoms with Gasteiger partial charge in [0.25, 0.3) is 5.91 Å². The zero-order chi connectivity index (χ0) is 34.9. The van der Waals surface area contributed by atoms with Crippen LogP contribution in [0.1, 0.15) is 68.3 Å². The van der Waals surface area contributed by atoms with Gasteiger partial charge in [-0.05, 0) is 101 Å². The maximum atomic E-state index is 14.9. The highest BCUT2D eigenvalue weighted by Crippen LogP contribution is 2.45. The molecule has 0 fully saturated rings. The average molecular weight is 699 g/mol. The molecule has 0 bridgehead atoms. The maximum Gasteiger partial charge on any atom is 0.335 e. The van der Waals surface area contributed by atoms with Crippen molar-refractivity contribution in [3.8, 4) is 16.9 Å². The van der Waals surface area contributed by atoms with Gasteiger partial charge in [-0.25, -0.2) is 4.79 Å². The maximum absolute atomic E-state index is 14.9. The monoisotopic (exact) mass is 697 g/mol. The number of halogens is 2. The number of amides is 1. The van der Waals surface area contributed by atoms with Crippen LogP contribution in [0.2, 0.25) is 10.0 Å². The number of hydrogen-bond acceptors (Lipinski definition) is 4. The van der Waals surface area contributed by atoms with Gasteiger partial charge in [0, 0.05) is 64.0 Å². The van der Waals surface area contributed by atoms with Gasteiger partial charge in [-0.15, -0.1) is 0 Å². The number of aromatic amines is 1. The molecule has 1 amide bonds. The molecule has 0 radical (unpaired) electrons. The van der Waals surface area contributed by atoms with Crippen LogP contribution >= 0.6 is 23.2 Å². The van der Waals surface area contributed by atoms with E-state index in [2.05, 4.69) is 21.7 Å². The number of carboxylic acids is 1. The molecular formula is C38H37Cl2N5O4. The van der Waals surface area contributed by atoms with Crippen molar-refractivity contribution in [2.45, 2.75) is 53.5 Å². The summed E-state index contributed by atoms with van der Waals surface area (Å²) in [4.78, 5) is 28.6. The van der Waals surface area contributed by atoms with Crippen molar-refractivity contribution in [1.82, 2.24) is 19.3 Å². The molecule has 0 saturated carbocycles. The van der Waals surface area contributed by atoms with Crippen molar-refractivity contribution in [2.24, 2.45) is 7.05 Å². The summed E-state index contributed by atoms with van der Waals surface area (Å²) in [6.45, 7) is 10.8. The standard InChI is InChI=1S/C38H37Cl2N5O4/c1-19-14-25(15-20(2)34(19)40)49-13-7-8-26-27-10-11-29(39)33(32-22(4)41-42-23(32)5)35(27)45-21(3)17-44(37(46)36(26)45)31-18-43(6)30-12-9-24(38(47)48)16-28(30)31/h9-12,14-16,18,21H,7-8,13,17H2,1-6H3,(H,41,42)(H,47,48)/t21-/m1/s1. The van der Waals surface area contributed by atoms with Crippen molar-refractivity contribution in [3.05, 3.63) is 98.0 Å². The number of fused-ring (bicyclic) bond motifs is 4. The largest absolute Gasteiger partial charge is 0.494 e. The van der Waals surface area contributed by atoms with Gasteiger partial charge in [-0.3, -0.25) is 9.89 Å². The predicted molar refractivity (Wildman–Crippen MR) is 195 cm³/mol. The van der Waals surface area contributed by atoms with E-state index in [4.69, 9.17) is 27.9 Å². The van der Waals surface area contributed by atoms with E-state index in [0.717, 1.165) is 66.4 Å². The number of anilines is 1. The Morgan fingerprint density at radius 3 is 2.45 bits per heavy atom. The van der Waals surface area contributed by atoms with Crippen LogP contribution < -0.4 is 9.64 Å². The molecule has 3 aromatic carbocycles. The van der Waals surface area contributed by atoms with Crippen LogP contribution in [-0.2, 0) is 13.5 Å². The number of rotatable bonds is 8. The molecule has 11 heteroatoms. The van der Waals surface area contributed by atoms with E-state index in [9.17, 15) is 14.7 Å². The van der Waals surface area contributed by atoms with E-state index >= 15 is 0 Å². The van der Waals surface area contributed by atoms with Crippen molar-refractivity contribution >= 4 is 62.6 Å². The zero-order valence-corrected chi connectivity index (χ0v) is 29.8. The Bertz CT molecular complexity index is 2290. The topological polar surface area (TPSA) is 105 Å². The fourth-order valence-electron chi connectivity index (χ4n) is 7.44. The molecule has 1 aliphatic heterocycles. The zero-order valence-electron chi connectivity index (χ0n) is 28.2. The molecule has 0 spiro atoms. The Labute approximate surface area is 294 Å². The normalized spacial score (nSPS) is 14.7. The molecular weight excluding hydrogens is 661 g/mol. The number of aromatic nitrogens is 4. The summed E-state index contributed by atoms with van der Waals surface area (Å²) in [5.74, 6) is -0.404. The lowest BCUT2D eigenvalue weighted by Gasteiger charge is -2.34. The highest BCUT2D eigenvalue weighted by atomic mass is 35.5. The number of aryl methyl sites for hydroxylation is 6. The summed E-state index contributed by atoms with van der Waals surface area (Å²) in [5.41, 5.74) is 9.54. The summed E-state index contributed by atoms with van der Waals surface area (Å²) in [6, 6.07) is 12.7. The van der Waals surface area contributed by atoms with Crippen LogP contribution in [0.15, 0.2) is 48.7 Å². The van der Waals surface area contributed by atoms with Crippen LogP contribution in [0.25, 0.3) is 32.9 Å². The first-order valence-electron chi connectivity index (χ1n) is 16.3. The third-order valence-corrected chi connectivity index (χ3v) is 10.6. The minimum Gasteiger partial charge on any atom is -0.494 e. The van der Waals surface area contributed by atoms with Crippen LogP contribution in [0.4, 0.5) is 5.69 Å². The van der Waals surface area contributed by atoms with Crippen molar-refractivity contribution in [2.75, 3.05) is 18.1 Å². The molecule has 0 aliphatic carbocycles. The Morgan fingerprint density at radius 2 is 1.78 bits per heavy atom. The quantitative estimate of drug-likeness (QED) is 0.155. The molecule has 0 saturated heterocycles. The molecule has 0 unspecified atom stereocenters.